The first-order valence-corrected chi connectivity index (χ1v) is 7.03. The second-order valence-corrected chi connectivity index (χ2v) is 5.97. The van der Waals surface area contributed by atoms with Crippen molar-refractivity contribution >= 4 is 49.1 Å². The smallest absolute Gasteiger partial charge is 0.265 e. The van der Waals surface area contributed by atoms with Crippen molar-refractivity contribution in [2.75, 3.05) is 5.73 Å². The van der Waals surface area contributed by atoms with Gasteiger partial charge in [-0.1, -0.05) is 17.7 Å². The molecule has 0 saturated heterocycles. The van der Waals surface area contributed by atoms with Gasteiger partial charge in [0.15, 0.2) is 0 Å². The van der Waals surface area contributed by atoms with Gasteiger partial charge < -0.3 is 10.3 Å². The Labute approximate surface area is 126 Å². The molecule has 0 amide bonds. The van der Waals surface area contributed by atoms with Gasteiger partial charge in [-0.15, -0.1) is 0 Å². The van der Waals surface area contributed by atoms with Gasteiger partial charge in [0.25, 0.3) is 5.56 Å². The number of anilines is 1. The molecule has 0 aliphatic rings. The Balaban J connectivity index is 2.40. The Morgan fingerprint density at radius 2 is 2.00 bits per heavy atom. The average Bonchev–Trinajstić information content (AvgIpc) is 2.30. The molecule has 0 saturated carbocycles. The van der Waals surface area contributed by atoms with Gasteiger partial charge in [-0.25, -0.2) is 0 Å². The molecule has 0 unspecified atom stereocenters. The summed E-state index contributed by atoms with van der Waals surface area (Å²) in [5.41, 5.74) is 7.07. The highest BCUT2D eigenvalue weighted by Crippen LogP contribution is 2.20. The summed E-state index contributed by atoms with van der Waals surface area (Å²) in [6.45, 7) is 0.443. The van der Waals surface area contributed by atoms with E-state index < -0.39 is 0 Å². The summed E-state index contributed by atoms with van der Waals surface area (Å²) in [7, 11) is 0. The van der Waals surface area contributed by atoms with E-state index in [2.05, 4.69) is 31.9 Å². The molecule has 0 bridgehead atoms. The SMILES string of the molecule is Nc1cc(Cn2cc(Br)cc(Br)c2=O)ccc1Cl. The number of hydrogen-bond donors (Lipinski definition) is 1. The van der Waals surface area contributed by atoms with Crippen LogP contribution in [0, 0.1) is 0 Å². The fourth-order valence-corrected chi connectivity index (χ4v) is 2.95. The number of hydrogen-bond acceptors (Lipinski definition) is 2. The summed E-state index contributed by atoms with van der Waals surface area (Å²) in [5.74, 6) is 0. The van der Waals surface area contributed by atoms with Gasteiger partial charge in [-0.3, -0.25) is 4.79 Å². The highest BCUT2D eigenvalue weighted by atomic mass is 79.9. The highest BCUT2D eigenvalue weighted by molar-refractivity contribution is 9.11. The third-order valence-corrected chi connectivity index (χ3v) is 3.77. The number of benzene rings is 1. The predicted octanol–water partition coefficient (Wildman–Crippen LogP) is 3.66. The summed E-state index contributed by atoms with van der Waals surface area (Å²) >= 11 is 12.4. The van der Waals surface area contributed by atoms with E-state index in [1.807, 2.05) is 6.07 Å². The van der Waals surface area contributed by atoms with E-state index in [9.17, 15) is 4.79 Å². The van der Waals surface area contributed by atoms with E-state index in [1.165, 1.54) is 0 Å². The van der Waals surface area contributed by atoms with Gasteiger partial charge >= 0.3 is 0 Å². The standard InChI is InChI=1S/C12H9Br2ClN2O/c13-8-4-9(14)12(18)17(6-8)5-7-1-2-10(15)11(16)3-7/h1-4,6H,5,16H2. The molecule has 1 aromatic heterocycles. The van der Waals surface area contributed by atoms with Crippen molar-refractivity contribution in [2.24, 2.45) is 0 Å². The van der Waals surface area contributed by atoms with Crippen LogP contribution in [0.1, 0.15) is 5.56 Å². The number of aromatic nitrogens is 1. The zero-order valence-corrected chi connectivity index (χ0v) is 13.1. The van der Waals surface area contributed by atoms with E-state index in [-0.39, 0.29) is 5.56 Å². The molecule has 94 valence electrons. The molecule has 18 heavy (non-hydrogen) atoms. The minimum atomic E-state index is -0.0910. The first kappa shape index (κ1) is 13.6. The molecule has 2 aromatic rings. The maximum Gasteiger partial charge on any atom is 0.265 e. The van der Waals surface area contributed by atoms with E-state index in [1.54, 1.807) is 29.0 Å². The Morgan fingerprint density at radius 3 is 2.67 bits per heavy atom. The first-order valence-electron chi connectivity index (χ1n) is 5.07. The number of rotatable bonds is 2. The molecule has 6 heteroatoms. The number of halogens is 3. The van der Waals surface area contributed by atoms with Gasteiger partial charge in [0.2, 0.25) is 0 Å². The zero-order valence-electron chi connectivity index (χ0n) is 9.16. The van der Waals surface area contributed by atoms with Crippen LogP contribution in [0.4, 0.5) is 5.69 Å². The molecule has 2 N–H and O–H groups in total. The van der Waals surface area contributed by atoms with Crippen molar-refractivity contribution in [1.82, 2.24) is 4.57 Å². The second-order valence-electron chi connectivity index (χ2n) is 3.80. The van der Waals surface area contributed by atoms with Crippen LogP contribution < -0.4 is 11.3 Å². The van der Waals surface area contributed by atoms with Gasteiger partial charge in [0.1, 0.15) is 0 Å². The minimum absolute atomic E-state index is 0.0910. The van der Waals surface area contributed by atoms with Crippen LogP contribution in [0.3, 0.4) is 0 Å². The molecule has 0 aliphatic carbocycles. The van der Waals surface area contributed by atoms with E-state index in [4.69, 9.17) is 17.3 Å². The van der Waals surface area contributed by atoms with Crippen LogP contribution in [-0.2, 0) is 6.54 Å². The maximum absolute atomic E-state index is 11.9. The Hall–Kier alpha value is -0.780. The molecule has 0 spiro atoms. The summed E-state index contributed by atoms with van der Waals surface area (Å²) in [5, 5.41) is 0.515. The molecule has 0 atom stereocenters. The number of nitrogens with two attached hydrogens (primary N) is 1. The first-order chi connectivity index (χ1) is 8.47. The van der Waals surface area contributed by atoms with Crippen LogP contribution in [0.2, 0.25) is 5.02 Å². The fraction of sp³-hybridized carbons (Fsp3) is 0.0833. The summed E-state index contributed by atoms with van der Waals surface area (Å²) in [6, 6.07) is 7.06. The predicted molar refractivity (Wildman–Crippen MR) is 81.1 cm³/mol. The molecule has 1 heterocycles. The Kier molecular flexibility index (Phi) is 4.14. The molecule has 2 rings (SSSR count). The van der Waals surface area contributed by atoms with E-state index in [0.29, 0.717) is 21.7 Å². The molecule has 1 aromatic carbocycles. The zero-order chi connectivity index (χ0) is 13.3. The quantitative estimate of drug-likeness (QED) is 0.793. The number of nitrogens with zero attached hydrogens (tertiary/aromatic N) is 1. The molecule has 0 aliphatic heterocycles. The van der Waals surface area contributed by atoms with E-state index in [0.717, 1.165) is 10.0 Å². The lowest BCUT2D eigenvalue weighted by molar-refractivity contribution is 0.752. The lowest BCUT2D eigenvalue weighted by atomic mass is 10.2. The third kappa shape index (κ3) is 2.96. The largest absolute Gasteiger partial charge is 0.398 e. The number of nitrogen functional groups attached to an aromatic ring is 1. The van der Waals surface area contributed by atoms with Crippen LogP contribution >= 0.6 is 43.5 Å². The van der Waals surface area contributed by atoms with E-state index >= 15 is 0 Å². The topological polar surface area (TPSA) is 48.0 Å². The van der Waals surface area contributed by atoms with Gasteiger partial charge in [0, 0.05) is 10.7 Å². The van der Waals surface area contributed by atoms with Crippen molar-refractivity contribution < 1.29 is 0 Å². The molecule has 3 nitrogen and oxygen atoms in total. The molecule has 0 radical (unpaired) electrons. The van der Waals surface area contributed by atoms with Crippen molar-refractivity contribution in [2.45, 2.75) is 6.54 Å². The van der Waals surface area contributed by atoms with Crippen LogP contribution in [-0.4, -0.2) is 4.57 Å². The number of pyridine rings is 1. The molecular weight excluding hydrogens is 383 g/mol. The average molecular weight is 392 g/mol. The van der Waals surface area contributed by atoms with Gasteiger partial charge in [0.05, 0.1) is 21.7 Å². The lowest BCUT2D eigenvalue weighted by Gasteiger charge is -2.08. The Morgan fingerprint density at radius 1 is 1.28 bits per heavy atom. The summed E-state index contributed by atoms with van der Waals surface area (Å²) < 4.78 is 2.94. The third-order valence-electron chi connectivity index (χ3n) is 2.42. The van der Waals surface area contributed by atoms with Crippen molar-refractivity contribution in [3.8, 4) is 0 Å². The minimum Gasteiger partial charge on any atom is -0.398 e. The maximum atomic E-state index is 11.9. The monoisotopic (exact) mass is 390 g/mol. The normalized spacial score (nSPS) is 10.6. The molecular formula is C12H9Br2ClN2O. The van der Waals surface area contributed by atoms with Crippen LogP contribution in [0.15, 0.2) is 44.2 Å². The summed E-state index contributed by atoms with van der Waals surface area (Å²) in [4.78, 5) is 11.9. The fourth-order valence-electron chi connectivity index (χ4n) is 1.57. The highest BCUT2D eigenvalue weighted by Gasteiger charge is 2.05. The van der Waals surface area contributed by atoms with Crippen molar-refractivity contribution in [1.29, 1.82) is 0 Å². The Bertz CT molecular complexity index is 655. The van der Waals surface area contributed by atoms with Crippen LogP contribution in [0.5, 0.6) is 0 Å². The van der Waals surface area contributed by atoms with Gasteiger partial charge in [-0.05, 0) is 55.6 Å². The van der Waals surface area contributed by atoms with Crippen molar-refractivity contribution in [3.05, 3.63) is 60.3 Å². The van der Waals surface area contributed by atoms with Crippen molar-refractivity contribution in [3.63, 3.8) is 0 Å². The lowest BCUT2D eigenvalue weighted by Crippen LogP contribution is -2.20. The second kappa shape index (κ2) is 5.47. The van der Waals surface area contributed by atoms with Crippen LogP contribution in [0.25, 0.3) is 0 Å². The summed E-state index contributed by atoms with van der Waals surface area (Å²) in [6.07, 6.45) is 1.73. The van der Waals surface area contributed by atoms with Gasteiger partial charge in [-0.2, -0.15) is 0 Å². The molecule has 0 fully saturated rings.